The Kier molecular flexibility index (Phi) is 6.85. The van der Waals surface area contributed by atoms with Crippen LogP contribution in [-0.4, -0.2) is 35.2 Å². The van der Waals surface area contributed by atoms with Crippen molar-refractivity contribution in [3.05, 3.63) is 35.9 Å². The lowest BCUT2D eigenvalue weighted by molar-refractivity contribution is -0.124. The van der Waals surface area contributed by atoms with Crippen molar-refractivity contribution >= 4 is 5.91 Å². The van der Waals surface area contributed by atoms with E-state index < -0.39 is 0 Å². The van der Waals surface area contributed by atoms with Gasteiger partial charge in [0.1, 0.15) is 0 Å². The molecule has 0 aromatic heterocycles. The summed E-state index contributed by atoms with van der Waals surface area (Å²) in [6.45, 7) is 7.89. The Morgan fingerprint density at radius 2 is 1.90 bits per heavy atom. The molecule has 2 atom stereocenters. The van der Waals surface area contributed by atoms with Crippen LogP contribution >= 0.6 is 0 Å². The molecule has 21 heavy (non-hydrogen) atoms. The molecular formula is C17H28N2O2. The van der Waals surface area contributed by atoms with Crippen LogP contribution in [0.4, 0.5) is 0 Å². The Hall–Kier alpha value is -1.39. The molecule has 1 amide bonds. The van der Waals surface area contributed by atoms with Crippen LogP contribution in [0.2, 0.25) is 0 Å². The van der Waals surface area contributed by atoms with Crippen LogP contribution in [0.15, 0.2) is 30.3 Å². The van der Waals surface area contributed by atoms with Crippen molar-refractivity contribution in [1.82, 2.24) is 10.6 Å². The zero-order valence-corrected chi connectivity index (χ0v) is 13.5. The molecule has 0 fully saturated rings. The smallest absolute Gasteiger partial charge is 0.237 e. The molecule has 2 unspecified atom stereocenters. The molecule has 0 saturated carbocycles. The van der Waals surface area contributed by atoms with Crippen LogP contribution in [0.5, 0.6) is 0 Å². The van der Waals surface area contributed by atoms with E-state index in [0.29, 0.717) is 6.42 Å². The van der Waals surface area contributed by atoms with Gasteiger partial charge in [-0.1, -0.05) is 37.3 Å². The summed E-state index contributed by atoms with van der Waals surface area (Å²) < 4.78 is 0. The van der Waals surface area contributed by atoms with Gasteiger partial charge in [0.15, 0.2) is 0 Å². The highest BCUT2D eigenvalue weighted by Crippen LogP contribution is 2.08. The minimum Gasteiger partial charge on any atom is -0.395 e. The Morgan fingerprint density at radius 3 is 2.43 bits per heavy atom. The van der Waals surface area contributed by atoms with E-state index in [2.05, 4.69) is 10.6 Å². The molecule has 0 saturated heterocycles. The van der Waals surface area contributed by atoms with E-state index in [1.807, 2.05) is 58.0 Å². The first-order valence-corrected chi connectivity index (χ1v) is 7.61. The third-order valence-electron chi connectivity index (χ3n) is 3.77. The third kappa shape index (κ3) is 6.27. The Morgan fingerprint density at radius 1 is 1.29 bits per heavy atom. The minimum atomic E-state index is -0.336. The highest BCUT2D eigenvalue weighted by molar-refractivity contribution is 5.82. The predicted molar refractivity (Wildman–Crippen MR) is 86.1 cm³/mol. The fraction of sp³-hybridized carbons (Fsp3) is 0.588. The largest absolute Gasteiger partial charge is 0.395 e. The maximum absolute atomic E-state index is 12.2. The van der Waals surface area contributed by atoms with E-state index in [4.69, 9.17) is 0 Å². The van der Waals surface area contributed by atoms with Gasteiger partial charge in [0, 0.05) is 11.6 Å². The number of hydrogen-bond donors (Lipinski definition) is 3. The lowest BCUT2D eigenvalue weighted by Gasteiger charge is -2.28. The Bertz CT molecular complexity index is 432. The van der Waals surface area contributed by atoms with Gasteiger partial charge in [-0.3, -0.25) is 4.79 Å². The maximum Gasteiger partial charge on any atom is 0.237 e. The number of hydrogen-bond acceptors (Lipinski definition) is 3. The number of benzene rings is 1. The second kappa shape index (κ2) is 8.15. The van der Waals surface area contributed by atoms with Crippen LogP contribution in [0.1, 0.15) is 39.7 Å². The average Bonchev–Trinajstić information content (AvgIpc) is 2.47. The molecule has 0 heterocycles. The number of rotatable bonds is 8. The van der Waals surface area contributed by atoms with Crippen molar-refractivity contribution in [2.75, 3.05) is 6.61 Å². The van der Waals surface area contributed by atoms with Crippen molar-refractivity contribution in [1.29, 1.82) is 0 Å². The van der Waals surface area contributed by atoms with Crippen molar-refractivity contribution in [3.63, 3.8) is 0 Å². The van der Waals surface area contributed by atoms with Gasteiger partial charge in [-0.05, 0) is 39.2 Å². The zero-order valence-electron chi connectivity index (χ0n) is 13.5. The van der Waals surface area contributed by atoms with E-state index in [9.17, 15) is 9.90 Å². The first kappa shape index (κ1) is 17.7. The average molecular weight is 292 g/mol. The molecule has 1 aromatic rings. The number of aliphatic hydroxyl groups is 1. The van der Waals surface area contributed by atoms with Gasteiger partial charge in [-0.25, -0.2) is 0 Å². The van der Waals surface area contributed by atoms with Crippen molar-refractivity contribution in [2.24, 2.45) is 0 Å². The van der Waals surface area contributed by atoms with Crippen LogP contribution in [-0.2, 0) is 11.2 Å². The number of carbonyl (C=O) groups is 1. The zero-order chi connectivity index (χ0) is 15.9. The lowest BCUT2D eigenvalue weighted by Crippen LogP contribution is -2.53. The van der Waals surface area contributed by atoms with E-state index in [-0.39, 0.29) is 30.1 Å². The highest BCUT2D eigenvalue weighted by Gasteiger charge is 2.23. The quantitative estimate of drug-likeness (QED) is 0.685. The Labute approximate surface area is 128 Å². The number of nitrogens with one attached hydrogen (secondary N) is 2. The molecule has 3 N–H and O–H groups in total. The molecule has 4 heteroatoms. The molecule has 0 radical (unpaired) electrons. The number of aliphatic hydroxyl groups excluding tert-OH is 1. The monoisotopic (exact) mass is 292 g/mol. The summed E-state index contributed by atoms with van der Waals surface area (Å²) in [5.41, 5.74) is 0.937. The normalized spacial score (nSPS) is 14.5. The lowest BCUT2D eigenvalue weighted by atomic mass is 10.0. The maximum atomic E-state index is 12.2. The van der Waals surface area contributed by atoms with Crippen LogP contribution < -0.4 is 10.6 Å². The standard InChI is InChI=1S/C17H28N2O2/c1-5-17(3,4)19-16(21)13(2)18-15(12-20)11-14-9-7-6-8-10-14/h6-10,13,15,18,20H,5,11-12H2,1-4H3,(H,19,21). The topological polar surface area (TPSA) is 61.4 Å². The van der Waals surface area contributed by atoms with Gasteiger partial charge in [-0.2, -0.15) is 0 Å². The summed E-state index contributed by atoms with van der Waals surface area (Å²) in [6, 6.07) is 9.50. The molecule has 0 aliphatic heterocycles. The summed E-state index contributed by atoms with van der Waals surface area (Å²) in [7, 11) is 0. The molecule has 1 aromatic carbocycles. The first-order valence-electron chi connectivity index (χ1n) is 7.61. The van der Waals surface area contributed by atoms with E-state index >= 15 is 0 Å². The predicted octanol–water partition coefficient (Wildman–Crippen LogP) is 1.87. The van der Waals surface area contributed by atoms with Crippen LogP contribution in [0, 0.1) is 0 Å². The SMILES string of the molecule is CCC(C)(C)NC(=O)C(C)NC(CO)Cc1ccccc1. The molecule has 0 bridgehead atoms. The van der Waals surface area contributed by atoms with Crippen molar-refractivity contribution in [2.45, 2.75) is 58.2 Å². The first-order chi connectivity index (χ1) is 9.88. The van der Waals surface area contributed by atoms with Gasteiger partial charge in [0.05, 0.1) is 12.6 Å². The molecule has 4 nitrogen and oxygen atoms in total. The van der Waals surface area contributed by atoms with E-state index in [1.165, 1.54) is 0 Å². The van der Waals surface area contributed by atoms with Crippen molar-refractivity contribution in [3.8, 4) is 0 Å². The molecule has 0 aliphatic carbocycles. The van der Waals surface area contributed by atoms with Crippen LogP contribution in [0.3, 0.4) is 0 Å². The third-order valence-corrected chi connectivity index (χ3v) is 3.77. The van der Waals surface area contributed by atoms with Gasteiger partial charge in [0.25, 0.3) is 0 Å². The highest BCUT2D eigenvalue weighted by atomic mass is 16.3. The van der Waals surface area contributed by atoms with E-state index in [0.717, 1.165) is 12.0 Å². The second-order valence-corrected chi connectivity index (χ2v) is 6.18. The van der Waals surface area contributed by atoms with Gasteiger partial charge in [-0.15, -0.1) is 0 Å². The molecule has 0 spiro atoms. The second-order valence-electron chi connectivity index (χ2n) is 6.18. The minimum absolute atomic E-state index is 0.00366. The Balaban J connectivity index is 2.54. The van der Waals surface area contributed by atoms with Gasteiger partial charge >= 0.3 is 0 Å². The molecule has 1 rings (SSSR count). The van der Waals surface area contributed by atoms with E-state index in [1.54, 1.807) is 0 Å². The van der Waals surface area contributed by atoms with Gasteiger partial charge in [0.2, 0.25) is 5.91 Å². The van der Waals surface area contributed by atoms with Gasteiger partial charge < -0.3 is 15.7 Å². The van der Waals surface area contributed by atoms with Crippen molar-refractivity contribution < 1.29 is 9.90 Å². The number of amides is 1. The summed E-state index contributed by atoms with van der Waals surface area (Å²) in [6.07, 6.45) is 1.57. The fourth-order valence-corrected chi connectivity index (χ4v) is 2.03. The molecule has 0 aliphatic rings. The molecule has 118 valence electrons. The number of carbonyl (C=O) groups excluding carboxylic acids is 1. The molecular weight excluding hydrogens is 264 g/mol. The summed E-state index contributed by atoms with van der Waals surface area (Å²) in [5, 5.41) is 15.7. The summed E-state index contributed by atoms with van der Waals surface area (Å²) >= 11 is 0. The summed E-state index contributed by atoms with van der Waals surface area (Å²) in [4.78, 5) is 12.2. The summed E-state index contributed by atoms with van der Waals surface area (Å²) in [5.74, 6) is -0.0339. The fourth-order valence-electron chi connectivity index (χ4n) is 2.03. The van der Waals surface area contributed by atoms with Crippen LogP contribution in [0.25, 0.3) is 0 Å².